The van der Waals surface area contributed by atoms with Crippen molar-refractivity contribution in [3.05, 3.63) is 83.2 Å². The van der Waals surface area contributed by atoms with Crippen molar-refractivity contribution < 1.29 is 13.6 Å². The summed E-state index contributed by atoms with van der Waals surface area (Å²) in [5, 5.41) is 12.8. The van der Waals surface area contributed by atoms with Gasteiger partial charge >= 0.3 is 0 Å². The summed E-state index contributed by atoms with van der Waals surface area (Å²) in [5.74, 6) is -0.166. The minimum absolute atomic E-state index is 0.122. The van der Waals surface area contributed by atoms with E-state index in [1.165, 1.54) is 10.7 Å². The Morgan fingerprint density at radius 2 is 1.90 bits per heavy atom. The molecule has 0 spiro atoms. The molecule has 0 N–H and O–H groups in total. The van der Waals surface area contributed by atoms with Crippen molar-refractivity contribution in [3.8, 4) is 17.1 Å². The largest absolute Gasteiger partial charge is 0.419 e. The van der Waals surface area contributed by atoms with Gasteiger partial charge in [-0.2, -0.15) is 5.10 Å². The van der Waals surface area contributed by atoms with Gasteiger partial charge in [0.2, 0.25) is 11.8 Å². The molecule has 0 atom stereocenters. The number of benzene rings is 2. The van der Waals surface area contributed by atoms with Crippen molar-refractivity contribution in [1.82, 2.24) is 24.9 Å². The van der Waals surface area contributed by atoms with Crippen molar-refractivity contribution >= 4 is 17.5 Å². The number of carbonyl (C=O) groups excluding carboxylic acids is 1. The maximum absolute atomic E-state index is 14.0. The Kier molecular flexibility index (Phi) is 6.08. The van der Waals surface area contributed by atoms with Crippen LogP contribution in [0, 0.1) is 5.82 Å². The summed E-state index contributed by atoms with van der Waals surface area (Å²) >= 11 is 6.19. The third kappa shape index (κ3) is 4.49. The number of rotatable bonds is 7. The molecule has 0 saturated carbocycles. The van der Waals surface area contributed by atoms with Crippen LogP contribution in [-0.2, 0) is 6.54 Å². The quantitative estimate of drug-likeness (QED) is 0.414. The van der Waals surface area contributed by atoms with E-state index >= 15 is 0 Å². The maximum Gasteiger partial charge on any atom is 0.274 e. The Hall–Kier alpha value is -3.52. The van der Waals surface area contributed by atoms with Gasteiger partial charge in [-0.15, -0.1) is 10.2 Å². The summed E-state index contributed by atoms with van der Waals surface area (Å²) in [7, 11) is 0. The number of nitrogens with zero attached hydrogens (tertiary/aromatic N) is 5. The lowest BCUT2D eigenvalue weighted by Gasteiger charge is -2.19. The summed E-state index contributed by atoms with van der Waals surface area (Å²) in [5.41, 5.74) is 1.09. The van der Waals surface area contributed by atoms with Gasteiger partial charge in [0.15, 0.2) is 5.69 Å². The molecule has 4 rings (SSSR count). The first-order valence-corrected chi connectivity index (χ1v) is 10.1. The molecule has 0 aliphatic heterocycles. The lowest BCUT2D eigenvalue weighted by Crippen LogP contribution is -2.31. The zero-order valence-corrected chi connectivity index (χ0v) is 17.5. The molecule has 31 heavy (non-hydrogen) atoms. The summed E-state index contributed by atoms with van der Waals surface area (Å²) in [6.07, 6.45) is 2.28. The molecule has 0 aliphatic carbocycles. The minimum atomic E-state index is -0.423. The molecule has 2 heterocycles. The molecular weight excluding hydrogens is 421 g/mol. The molecule has 2 aromatic carbocycles. The molecule has 0 radical (unpaired) electrons. The average Bonchev–Trinajstić information content (AvgIpc) is 3.44. The van der Waals surface area contributed by atoms with Gasteiger partial charge in [0, 0.05) is 12.7 Å². The second-order valence-electron chi connectivity index (χ2n) is 6.80. The second kappa shape index (κ2) is 9.09. The Morgan fingerprint density at radius 1 is 1.13 bits per heavy atom. The van der Waals surface area contributed by atoms with Gasteiger partial charge in [0.25, 0.3) is 5.91 Å². The van der Waals surface area contributed by atoms with Crippen LogP contribution in [-0.4, -0.2) is 37.3 Å². The Morgan fingerprint density at radius 3 is 2.68 bits per heavy atom. The van der Waals surface area contributed by atoms with Gasteiger partial charge in [-0.3, -0.25) is 4.79 Å². The predicted molar refractivity (Wildman–Crippen MR) is 113 cm³/mol. The van der Waals surface area contributed by atoms with Crippen LogP contribution in [0.3, 0.4) is 0 Å². The summed E-state index contributed by atoms with van der Waals surface area (Å²) in [6, 6.07) is 14.9. The number of hydrogen-bond donors (Lipinski definition) is 0. The molecule has 0 bridgehead atoms. The van der Waals surface area contributed by atoms with Crippen molar-refractivity contribution in [2.75, 3.05) is 6.54 Å². The molecular formula is C22H19ClFN5O2. The molecule has 0 aliphatic rings. The predicted octanol–water partition coefficient (Wildman–Crippen LogP) is 4.77. The first-order valence-electron chi connectivity index (χ1n) is 9.74. The number of aromatic nitrogens is 4. The highest BCUT2D eigenvalue weighted by atomic mass is 35.5. The average molecular weight is 440 g/mol. The fourth-order valence-corrected chi connectivity index (χ4v) is 3.33. The van der Waals surface area contributed by atoms with Gasteiger partial charge in [-0.05, 0) is 36.8 Å². The number of hydrogen-bond acceptors (Lipinski definition) is 5. The van der Waals surface area contributed by atoms with Crippen LogP contribution in [0.2, 0.25) is 5.02 Å². The Bertz CT molecular complexity index is 1210. The first-order chi connectivity index (χ1) is 15.1. The summed E-state index contributed by atoms with van der Waals surface area (Å²) in [6.45, 7) is 2.55. The lowest BCUT2D eigenvalue weighted by atomic mass is 10.2. The molecule has 0 unspecified atom stereocenters. The van der Waals surface area contributed by atoms with E-state index in [4.69, 9.17) is 16.0 Å². The van der Waals surface area contributed by atoms with E-state index < -0.39 is 5.82 Å². The maximum atomic E-state index is 14.0. The normalized spacial score (nSPS) is 10.9. The SMILES string of the molecule is CCCN(Cc1nnc(-c2ccccc2Cl)o1)C(=O)c1ccn(-c2ccccc2F)n1. The van der Waals surface area contributed by atoms with Gasteiger partial charge < -0.3 is 9.32 Å². The smallest absolute Gasteiger partial charge is 0.274 e. The third-order valence-electron chi connectivity index (χ3n) is 4.59. The highest BCUT2D eigenvalue weighted by Gasteiger charge is 2.22. The van der Waals surface area contributed by atoms with E-state index in [1.54, 1.807) is 47.5 Å². The molecule has 7 nitrogen and oxygen atoms in total. The van der Waals surface area contributed by atoms with Crippen LogP contribution in [0.25, 0.3) is 17.1 Å². The van der Waals surface area contributed by atoms with Crippen molar-refractivity contribution in [2.45, 2.75) is 19.9 Å². The molecule has 1 amide bonds. The minimum Gasteiger partial charge on any atom is -0.419 e. The molecule has 9 heteroatoms. The van der Waals surface area contributed by atoms with E-state index in [0.29, 0.717) is 17.1 Å². The van der Waals surface area contributed by atoms with Crippen molar-refractivity contribution in [3.63, 3.8) is 0 Å². The number of carbonyl (C=O) groups is 1. The van der Waals surface area contributed by atoms with Gasteiger partial charge in [-0.1, -0.05) is 42.8 Å². The first kappa shape index (κ1) is 20.7. The summed E-state index contributed by atoms with van der Waals surface area (Å²) in [4.78, 5) is 14.6. The van der Waals surface area contributed by atoms with Crippen LogP contribution in [0.1, 0.15) is 29.7 Å². The molecule has 158 valence electrons. The molecule has 4 aromatic rings. The van der Waals surface area contributed by atoms with Gasteiger partial charge in [0.1, 0.15) is 11.5 Å². The number of halogens is 2. The molecule has 0 fully saturated rings. The third-order valence-corrected chi connectivity index (χ3v) is 4.92. The van der Waals surface area contributed by atoms with E-state index in [0.717, 1.165) is 6.42 Å². The number of amides is 1. The van der Waals surface area contributed by atoms with Crippen LogP contribution < -0.4 is 0 Å². The lowest BCUT2D eigenvalue weighted by molar-refractivity contribution is 0.0722. The van der Waals surface area contributed by atoms with Crippen LogP contribution in [0.5, 0.6) is 0 Å². The van der Waals surface area contributed by atoms with Crippen molar-refractivity contribution in [2.24, 2.45) is 0 Å². The second-order valence-corrected chi connectivity index (χ2v) is 7.21. The highest BCUT2D eigenvalue weighted by Crippen LogP contribution is 2.26. The zero-order valence-electron chi connectivity index (χ0n) is 16.7. The molecule has 0 saturated heterocycles. The van der Waals surface area contributed by atoms with Crippen LogP contribution >= 0.6 is 11.6 Å². The zero-order chi connectivity index (χ0) is 21.8. The standard InChI is InChI=1S/C22H19ClFN5O2/c1-2-12-28(14-20-25-26-21(31-20)15-7-3-4-8-16(15)23)22(30)18-11-13-29(27-18)19-10-6-5-9-17(19)24/h3-11,13H,2,12,14H2,1H3. The van der Waals surface area contributed by atoms with Gasteiger partial charge in [0.05, 0.1) is 17.1 Å². The van der Waals surface area contributed by atoms with E-state index in [1.807, 2.05) is 19.1 Å². The van der Waals surface area contributed by atoms with Gasteiger partial charge in [-0.25, -0.2) is 9.07 Å². The number of para-hydroxylation sites is 1. The van der Waals surface area contributed by atoms with E-state index in [2.05, 4.69) is 15.3 Å². The fourth-order valence-electron chi connectivity index (χ4n) is 3.12. The van der Waals surface area contributed by atoms with Crippen LogP contribution in [0.15, 0.2) is 65.2 Å². The topological polar surface area (TPSA) is 77.0 Å². The Labute approximate surface area is 183 Å². The monoisotopic (exact) mass is 439 g/mol. The fraction of sp³-hybridized carbons (Fsp3) is 0.182. The highest BCUT2D eigenvalue weighted by molar-refractivity contribution is 6.33. The van der Waals surface area contributed by atoms with Crippen molar-refractivity contribution in [1.29, 1.82) is 0 Å². The molecule has 2 aromatic heterocycles. The Balaban J connectivity index is 1.54. The van der Waals surface area contributed by atoms with E-state index in [-0.39, 0.29) is 35.6 Å². The van der Waals surface area contributed by atoms with Crippen LogP contribution in [0.4, 0.5) is 4.39 Å². The van der Waals surface area contributed by atoms with E-state index in [9.17, 15) is 9.18 Å². The summed E-state index contributed by atoms with van der Waals surface area (Å²) < 4.78 is 21.1.